The minimum Gasteiger partial charge on any atom is -0.319 e. The van der Waals surface area contributed by atoms with Gasteiger partial charge in [-0.15, -0.1) is 15.3 Å². The van der Waals surface area contributed by atoms with Crippen LogP contribution in [0, 0.1) is 0 Å². The molecule has 17 heteroatoms. The molecule has 4 N–H and O–H groups in total. The van der Waals surface area contributed by atoms with Gasteiger partial charge in [0.15, 0.2) is 0 Å². The Morgan fingerprint density at radius 2 is 1.38 bits per heavy atom. The van der Waals surface area contributed by atoms with Gasteiger partial charge in [-0.2, -0.15) is 16.8 Å². The van der Waals surface area contributed by atoms with Crippen molar-refractivity contribution in [1.29, 1.82) is 0 Å². The number of hydrazone groups is 1. The smallest absolute Gasteiger partial charge is 0.319 e. The summed E-state index contributed by atoms with van der Waals surface area (Å²) in [6, 6.07) is 14.5. The molecule has 188 valence electrons. The summed E-state index contributed by atoms with van der Waals surface area (Å²) in [6.07, 6.45) is 0. The van der Waals surface area contributed by atoms with Crippen molar-refractivity contribution in [2.45, 2.75) is 9.79 Å². The van der Waals surface area contributed by atoms with E-state index in [9.17, 15) is 30.7 Å². The summed E-state index contributed by atoms with van der Waals surface area (Å²) in [5.74, 6) is -1.48. The van der Waals surface area contributed by atoms with E-state index in [2.05, 4.69) is 26.1 Å². The van der Waals surface area contributed by atoms with Crippen LogP contribution in [0.5, 0.6) is 0 Å². The number of rotatable bonds is 6. The molecule has 0 atom stereocenters. The van der Waals surface area contributed by atoms with E-state index in [1.807, 2.05) is 0 Å². The molecule has 0 spiro atoms. The molecule has 0 saturated heterocycles. The molecule has 3 rings (SSSR count). The summed E-state index contributed by atoms with van der Waals surface area (Å²) >= 11 is 12.0. The first-order valence-corrected chi connectivity index (χ1v) is 13.1. The summed E-state index contributed by atoms with van der Waals surface area (Å²) in [5.41, 5.74) is 2.45. The number of para-hydroxylation sites is 1. The topological polar surface area (TPSA) is 187 Å². The average Bonchev–Trinajstić information content (AvgIpc) is 2.80. The van der Waals surface area contributed by atoms with Gasteiger partial charge in [-0.05, 0) is 48.5 Å². The number of amides is 1. The van der Waals surface area contributed by atoms with Gasteiger partial charge in [0, 0.05) is 5.69 Å². The molecule has 0 aliphatic carbocycles. The fourth-order valence-corrected chi connectivity index (χ4v) is 3.84. The Morgan fingerprint density at radius 3 is 1.97 bits per heavy atom. The van der Waals surface area contributed by atoms with Crippen LogP contribution in [0.15, 0.2) is 91.9 Å². The summed E-state index contributed by atoms with van der Waals surface area (Å²) in [5, 5.41) is 13.7. The van der Waals surface area contributed by atoms with Crippen LogP contribution in [-0.4, -0.2) is 37.7 Å². The van der Waals surface area contributed by atoms with E-state index >= 15 is 0 Å². The van der Waals surface area contributed by atoms with E-state index in [0.717, 1.165) is 30.3 Å². The molecule has 0 aliphatic heterocycles. The third-order valence-electron chi connectivity index (χ3n) is 4.22. The third kappa shape index (κ3) is 9.19. The van der Waals surface area contributed by atoms with Crippen LogP contribution in [0.3, 0.4) is 0 Å². The zero-order valence-corrected chi connectivity index (χ0v) is 25.0. The summed E-state index contributed by atoms with van der Waals surface area (Å²) in [7, 11) is -9.13. The van der Waals surface area contributed by atoms with Gasteiger partial charge in [-0.1, -0.05) is 41.4 Å². The van der Waals surface area contributed by atoms with Crippen molar-refractivity contribution in [2.24, 2.45) is 15.3 Å². The second-order valence-electron chi connectivity index (χ2n) is 6.77. The largest absolute Gasteiger partial charge is 1.00 e. The van der Waals surface area contributed by atoms with E-state index < -0.39 is 41.8 Å². The Morgan fingerprint density at radius 1 is 0.811 bits per heavy atom. The van der Waals surface area contributed by atoms with Gasteiger partial charge in [-0.25, -0.2) is 0 Å². The number of hydrogen-bond acceptors (Lipinski definition) is 8. The first-order valence-electron chi connectivity index (χ1n) is 9.50. The van der Waals surface area contributed by atoms with Gasteiger partial charge >= 0.3 is 51.4 Å². The standard InChI is InChI=1S/C20H15Cl2N5O7S2.K/c21-15-8-6-13(35(29,30)31)10-17(15)24-26-19(20(28)23-12-4-2-1-3-5-12)27-25-18-11-14(36(32,33)34)7-9-16(18)22;/h1-11,24H,(H,23,28)(H,29,30,31)(H,32,33,34);/q;+1/b26-19-,27-25?;. The average molecular weight is 612 g/mol. The Labute approximate surface area is 264 Å². The van der Waals surface area contributed by atoms with E-state index in [0.29, 0.717) is 5.69 Å². The molecule has 37 heavy (non-hydrogen) atoms. The van der Waals surface area contributed by atoms with Crippen molar-refractivity contribution in [2.75, 3.05) is 10.7 Å². The monoisotopic (exact) mass is 610 g/mol. The van der Waals surface area contributed by atoms with E-state index in [4.69, 9.17) is 23.2 Å². The zero-order valence-electron chi connectivity index (χ0n) is 18.7. The van der Waals surface area contributed by atoms with Crippen molar-refractivity contribution >= 4 is 72.2 Å². The van der Waals surface area contributed by atoms with Gasteiger partial charge < -0.3 is 5.32 Å². The van der Waals surface area contributed by atoms with Gasteiger partial charge in [0.2, 0.25) is 0 Å². The second kappa shape index (κ2) is 13.3. The predicted octanol–water partition coefficient (Wildman–Crippen LogP) is 1.64. The second-order valence-corrected chi connectivity index (χ2v) is 10.4. The van der Waals surface area contributed by atoms with Crippen molar-refractivity contribution in [3.05, 3.63) is 76.8 Å². The van der Waals surface area contributed by atoms with Crippen molar-refractivity contribution < 1.29 is 82.1 Å². The van der Waals surface area contributed by atoms with Crippen molar-refractivity contribution in [3.8, 4) is 0 Å². The molecular weight excluding hydrogens is 596 g/mol. The molecule has 1 amide bonds. The fourth-order valence-electron chi connectivity index (χ4n) is 2.52. The Hall–Kier alpha value is -1.76. The third-order valence-corrected chi connectivity index (χ3v) is 6.57. The number of azo groups is 1. The molecule has 0 unspecified atom stereocenters. The van der Waals surface area contributed by atoms with Crippen LogP contribution in [0.25, 0.3) is 0 Å². The normalized spacial score (nSPS) is 12.2. The minimum atomic E-state index is -4.57. The van der Waals surface area contributed by atoms with E-state index in [-0.39, 0.29) is 72.8 Å². The number of carbonyl (C=O) groups is 1. The van der Waals surface area contributed by atoms with Crippen LogP contribution in [0.1, 0.15) is 0 Å². The molecule has 3 aromatic carbocycles. The van der Waals surface area contributed by atoms with Crippen molar-refractivity contribution in [1.82, 2.24) is 0 Å². The molecule has 0 radical (unpaired) electrons. The zero-order chi connectivity index (χ0) is 26.5. The van der Waals surface area contributed by atoms with Crippen LogP contribution < -0.4 is 62.1 Å². The maximum absolute atomic E-state index is 12.8. The fraction of sp³-hybridized carbons (Fsp3) is 0. The number of nitrogens with zero attached hydrogens (tertiary/aromatic N) is 3. The number of amidine groups is 1. The van der Waals surface area contributed by atoms with Crippen LogP contribution in [0.2, 0.25) is 10.0 Å². The molecule has 0 fully saturated rings. The van der Waals surface area contributed by atoms with Crippen LogP contribution >= 0.6 is 23.2 Å². The Kier molecular flexibility index (Phi) is 11.3. The number of anilines is 2. The maximum atomic E-state index is 12.8. The van der Waals surface area contributed by atoms with Gasteiger partial charge in [-0.3, -0.25) is 19.3 Å². The molecule has 0 saturated carbocycles. The molecular formula is C20H15Cl2KN5O7S2+. The van der Waals surface area contributed by atoms with Gasteiger partial charge in [0.1, 0.15) is 5.69 Å². The van der Waals surface area contributed by atoms with Crippen LogP contribution in [-0.2, 0) is 25.0 Å². The van der Waals surface area contributed by atoms with Crippen molar-refractivity contribution in [3.63, 3.8) is 0 Å². The maximum Gasteiger partial charge on any atom is 1.00 e. The Balaban J connectivity index is 0.00000481. The summed E-state index contributed by atoms with van der Waals surface area (Å²) in [6.45, 7) is 0. The van der Waals surface area contributed by atoms with E-state index in [1.165, 1.54) is 6.07 Å². The number of carbonyl (C=O) groups excluding carboxylic acids is 1. The van der Waals surface area contributed by atoms with Gasteiger partial charge in [0.25, 0.3) is 32.0 Å². The molecule has 0 aromatic heterocycles. The molecule has 0 aliphatic rings. The van der Waals surface area contributed by atoms with Crippen LogP contribution in [0.4, 0.5) is 17.1 Å². The summed E-state index contributed by atoms with van der Waals surface area (Å²) < 4.78 is 64.1. The SMILES string of the molecule is O=C(Nc1ccccc1)/C(N=Nc1cc(S(=O)(=O)O)ccc1Cl)=N/Nc1cc(S(=O)(=O)O)ccc1Cl.[K+]. The number of nitrogens with one attached hydrogen (secondary N) is 2. The minimum absolute atomic E-state index is 0. The first kappa shape index (κ1) is 31.5. The number of halogens is 2. The first-order chi connectivity index (χ1) is 16.8. The molecule has 0 bridgehead atoms. The quantitative estimate of drug-likeness (QED) is 0.0809. The predicted molar refractivity (Wildman–Crippen MR) is 133 cm³/mol. The summed E-state index contributed by atoms with van der Waals surface area (Å²) in [4.78, 5) is 11.8. The van der Waals surface area contributed by atoms with Gasteiger partial charge in [0.05, 0.1) is 25.5 Å². The molecule has 3 aromatic rings. The number of benzene rings is 3. The Bertz CT molecular complexity index is 1590. The van der Waals surface area contributed by atoms with E-state index in [1.54, 1.807) is 30.3 Å². The number of hydrogen-bond donors (Lipinski definition) is 4. The molecule has 0 heterocycles. The molecule has 12 nitrogen and oxygen atoms in total.